The van der Waals surface area contributed by atoms with Gasteiger partial charge in [0.05, 0.1) is 40.6 Å². The van der Waals surface area contributed by atoms with Gasteiger partial charge in [-0.2, -0.15) is 5.10 Å². The Morgan fingerprint density at radius 2 is 1.97 bits per heavy atom. The van der Waals surface area contributed by atoms with Crippen molar-refractivity contribution in [3.63, 3.8) is 0 Å². The zero-order chi connectivity index (χ0) is 23.4. The minimum absolute atomic E-state index is 0.0153. The van der Waals surface area contributed by atoms with Crippen molar-refractivity contribution in [2.24, 2.45) is 0 Å². The normalized spacial score (nSPS) is 10.7. The Balaban J connectivity index is 1.49. The lowest BCUT2D eigenvalue weighted by atomic mass is 10.2. The van der Waals surface area contributed by atoms with Crippen LogP contribution in [0.2, 0.25) is 0 Å². The van der Waals surface area contributed by atoms with Crippen LogP contribution in [0.5, 0.6) is 5.75 Å². The van der Waals surface area contributed by atoms with E-state index in [2.05, 4.69) is 15.4 Å². The molecule has 1 amide bonds. The smallest absolute Gasteiger partial charge is 0.269 e. The Labute approximate surface area is 193 Å². The number of hydrogen-bond acceptors (Lipinski definition) is 7. The second kappa shape index (κ2) is 9.61. The van der Waals surface area contributed by atoms with Crippen LogP contribution < -0.4 is 10.1 Å². The summed E-state index contributed by atoms with van der Waals surface area (Å²) in [7, 11) is 0. The summed E-state index contributed by atoms with van der Waals surface area (Å²) in [5.41, 5.74) is 2.83. The van der Waals surface area contributed by atoms with Crippen LogP contribution in [0, 0.1) is 17.0 Å². The van der Waals surface area contributed by atoms with Crippen molar-refractivity contribution in [3.8, 4) is 22.0 Å². The van der Waals surface area contributed by atoms with Crippen LogP contribution in [0.1, 0.15) is 18.3 Å². The van der Waals surface area contributed by atoms with Gasteiger partial charge >= 0.3 is 0 Å². The molecule has 0 radical (unpaired) electrons. The van der Waals surface area contributed by atoms with Crippen LogP contribution in [0.15, 0.2) is 60.0 Å². The number of non-ortho nitro benzene ring substituents is 1. The fourth-order valence-corrected chi connectivity index (χ4v) is 4.14. The maximum Gasteiger partial charge on any atom is 0.269 e. The molecule has 168 valence electrons. The number of nitrogens with one attached hydrogen (secondary N) is 1. The van der Waals surface area contributed by atoms with E-state index in [9.17, 15) is 14.9 Å². The summed E-state index contributed by atoms with van der Waals surface area (Å²) >= 11 is 1.46. The first-order chi connectivity index (χ1) is 15.9. The van der Waals surface area contributed by atoms with Gasteiger partial charge in [0.25, 0.3) is 5.69 Å². The molecule has 33 heavy (non-hydrogen) atoms. The number of benzene rings is 2. The molecule has 0 aliphatic rings. The standard InChI is InChI=1S/C23H21N5O4S/c1-3-32-20-7-5-4-6-19(20)23-24-16(14-33-23)13-22(29)25-21-12-15(2)26-27(21)17-8-10-18(11-9-17)28(30)31/h4-12,14H,3,13H2,1-2H3,(H,25,29). The zero-order valence-corrected chi connectivity index (χ0v) is 18.8. The lowest BCUT2D eigenvalue weighted by Crippen LogP contribution is -2.17. The number of nitro benzene ring substituents is 1. The topological polar surface area (TPSA) is 112 Å². The van der Waals surface area contributed by atoms with Gasteiger partial charge in [0, 0.05) is 23.6 Å². The first kappa shape index (κ1) is 22.2. The van der Waals surface area contributed by atoms with E-state index in [0.717, 1.165) is 16.3 Å². The van der Waals surface area contributed by atoms with Gasteiger partial charge < -0.3 is 10.1 Å². The molecule has 0 saturated carbocycles. The highest BCUT2D eigenvalue weighted by atomic mass is 32.1. The Kier molecular flexibility index (Phi) is 6.45. The Morgan fingerprint density at radius 1 is 1.21 bits per heavy atom. The van der Waals surface area contributed by atoms with Crippen LogP contribution in [-0.2, 0) is 11.2 Å². The van der Waals surface area contributed by atoms with Crippen molar-refractivity contribution in [1.82, 2.24) is 14.8 Å². The molecule has 0 saturated heterocycles. The number of para-hydroxylation sites is 1. The number of aromatic nitrogens is 3. The highest BCUT2D eigenvalue weighted by Gasteiger charge is 2.15. The molecule has 2 heterocycles. The first-order valence-corrected chi connectivity index (χ1v) is 11.1. The third-order valence-corrected chi connectivity index (χ3v) is 5.64. The molecule has 4 rings (SSSR count). The summed E-state index contributed by atoms with van der Waals surface area (Å²) in [5.74, 6) is 0.990. The van der Waals surface area contributed by atoms with Crippen molar-refractivity contribution >= 4 is 28.7 Å². The minimum atomic E-state index is -0.463. The SMILES string of the molecule is CCOc1ccccc1-c1nc(CC(=O)Nc2cc(C)nn2-c2ccc([N+](=O)[O-])cc2)cs1. The average Bonchev–Trinajstić information content (AvgIpc) is 3.40. The molecule has 0 unspecified atom stereocenters. The number of carbonyl (C=O) groups excluding carboxylic acids is 1. The van der Waals surface area contributed by atoms with E-state index < -0.39 is 4.92 Å². The van der Waals surface area contributed by atoms with Gasteiger partial charge in [-0.05, 0) is 38.1 Å². The quantitative estimate of drug-likeness (QED) is 0.297. The summed E-state index contributed by atoms with van der Waals surface area (Å²) in [4.78, 5) is 27.8. The van der Waals surface area contributed by atoms with Crippen LogP contribution in [0.25, 0.3) is 16.3 Å². The molecule has 2 aromatic heterocycles. The Hall–Kier alpha value is -4.05. The maximum absolute atomic E-state index is 12.7. The lowest BCUT2D eigenvalue weighted by molar-refractivity contribution is -0.384. The highest BCUT2D eigenvalue weighted by Crippen LogP contribution is 2.32. The van der Waals surface area contributed by atoms with Gasteiger partial charge in [-0.25, -0.2) is 9.67 Å². The van der Waals surface area contributed by atoms with E-state index >= 15 is 0 Å². The molecule has 10 heteroatoms. The fraction of sp³-hybridized carbons (Fsp3) is 0.174. The van der Waals surface area contributed by atoms with Crippen molar-refractivity contribution < 1.29 is 14.5 Å². The highest BCUT2D eigenvalue weighted by molar-refractivity contribution is 7.13. The molecule has 0 spiro atoms. The summed E-state index contributed by atoms with van der Waals surface area (Å²) in [6.45, 7) is 4.29. The number of thiazole rings is 1. The van der Waals surface area contributed by atoms with Crippen LogP contribution >= 0.6 is 11.3 Å². The number of aryl methyl sites for hydroxylation is 1. The fourth-order valence-electron chi connectivity index (χ4n) is 3.29. The van der Waals surface area contributed by atoms with Crippen molar-refractivity contribution in [2.75, 3.05) is 11.9 Å². The number of hydrogen-bond donors (Lipinski definition) is 1. The molecule has 9 nitrogen and oxygen atoms in total. The summed E-state index contributed by atoms with van der Waals surface area (Å²) < 4.78 is 7.22. The number of anilines is 1. The van der Waals surface area contributed by atoms with Gasteiger partial charge in [-0.1, -0.05) is 12.1 Å². The van der Waals surface area contributed by atoms with Gasteiger partial charge in [0.1, 0.15) is 16.6 Å². The van der Waals surface area contributed by atoms with Gasteiger partial charge in [0.2, 0.25) is 5.91 Å². The number of rotatable bonds is 8. The second-order valence-corrected chi connectivity index (χ2v) is 8.01. The summed E-state index contributed by atoms with van der Waals surface area (Å²) in [5, 5.41) is 20.8. The van der Waals surface area contributed by atoms with Crippen molar-refractivity contribution in [3.05, 3.63) is 81.5 Å². The third kappa shape index (κ3) is 5.07. The molecular weight excluding hydrogens is 442 g/mol. The van der Waals surface area contributed by atoms with Gasteiger partial charge in [-0.15, -0.1) is 11.3 Å². The largest absolute Gasteiger partial charge is 0.493 e. The molecular formula is C23H21N5O4S. The molecule has 0 aliphatic heterocycles. The van der Waals surface area contributed by atoms with E-state index in [-0.39, 0.29) is 18.0 Å². The van der Waals surface area contributed by atoms with Crippen LogP contribution in [0.4, 0.5) is 11.5 Å². The molecule has 1 N–H and O–H groups in total. The van der Waals surface area contributed by atoms with E-state index in [0.29, 0.717) is 29.5 Å². The predicted octanol–water partition coefficient (Wildman–Crippen LogP) is 4.79. The number of nitrogens with zero attached hydrogens (tertiary/aromatic N) is 4. The van der Waals surface area contributed by atoms with E-state index in [4.69, 9.17) is 4.74 Å². The monoisotopic (exact) mass is 463 g/mol. The average molecular weight is 464 g/mol. The summed E-state index contributed by atoms with van der Waals surface area (Å²) in [6.07, 6.45) is 0.0950. The lowest BCUT2D eigenvalue weighted by Gasteiger charge is -2.08. The third-order valence-electron chi connectivity index (χ3n) is 4.71. The molecule has 4 aromatic rings. The van der Waals surface area contributed by atoms with Gasteiger partial charge in [-0.3, -0.25) is 14.9 Å². The molecule has 0 bridgehead atoms. The Morgan fingerprint density at radius 3 is 2.70 bits per heavy atom. The predicted molar refractivity (Wildman–Crippen MR) is 126 cm³/mol. The molecule has 2 aromatic carbocycles. The maximum atomic E-state index is 12.7. The number of carbonyl (C=O) groups is 1. The first-order valence-electron chi connectivity index (χ1n) is 10.2. The van der Waals surface area contributed by atoms with Crippen LogP contribution in [-0.4, -0.2) is 32.2 Å². The van der Waals surface area contributed by atoms with E-state index in [1.54, 1.807) is 29.8 Å². The van der Waals surface area contributed by atoms with E-state index in [1.165, 1.54) is 23.5 Å². The number of amides is 1. The Bertz CT molecular complexity index is 1300. The molecule has 0 fully saturated rings. The minimum Gasteiger partial charge on any atom is -0.493 e. The number of ether oxygens (including phenoxy) is 1. The summed E-state index contributed by atoms with van der Waals surface area (Å²) in [6, 6.07) is 15.4. The van der Waals surface area contributed by atoms with Gasteiger partial charge in [0.15, 0.2) is 0 Å². The van der Waals surface area contributed by atoms with Crippen molar-refractivity contribution in [2.45, 2.75) is 20.3 Å². The van der Waals surface area contributed by atoms with E-state index in [1.807, 2.05) is 36.6 Å². The molecule has 0 aliphatic carbocycles. The van der Waals surface area contributed by atoms with Crippen LogP contribution in [0.3, 0.4) is 0 Å². The molecule has 0 atom stereocenters. The zero-order valence-electron chi connectivity index (χ0n) is 18.0. The number of nitro groups is 1. The second-order valence-electron chi connectivity index (χ2n) is 7.15. The van der Waals surface area contributed by atoms with Crippen molar-refractivity contribution in [1.29, 1.82) is 0 Å².